The first-order chi connectivity index (χ1) is 9.46. The second-order valence-corrected chi connectivity index (χ2v) is 7.07. The van der Waals surface area contributed by atoms with Gasteiger partial charge in [-0.05, 0) is 51.0 Å². The van der Waals surface area contributed by atoms with Crippen molar-refractivity contribution in [1.82, 2.24) is 4.90 Å². The van der Waals surface area contributed by atoms with Gasteiger partial charge in [-0.15, -0.1) is 0 Å². The Bertz CT molecular complexity index is 427. The first-order valence-electron chi connectivity index (χ1n) is 8.28. The number of hydrogen-bond donors (Lipinski definition) is 0. The van der Waals surface area contributed by atoms with Crippen molar-refractivity contribution >= 4 is 0 Å². The number of rotatable bonds is 4. The maximum atomic E-state index is 2.81. The Morgan fingerprint density at radius 2 is 1.75 bits per heavy atom. The zero-order chi connectivity index (χ0) is 14.8. The van der Waals surface area contributed by atoms with Crippen LogP contribution in [0.5, 0.6) is 0 Å². The molecule has 1 heteroatoms. The van der Waals surface area contributed by atoms with Gasteiger partial charge in [-0.25, -0.2) is 0 Å². The van der Waals surface area contributed by atoms with Gasteiger partial charge < -0.3 is 0 Å². The van der Waals surface area contributed by atoms with Crippen LogP contribution in [-0.2, 0) is 6.54 Å². The Balaban J connectivity index is 2.35. The lowest BCUT2D eigenvalue weighted by atomic mass is 9.69. The minimum Gasteiger partial charge on any atom is -0.288 e. The number of likely N-dealkylation sites (tertiary alicyclic amines) is 1. The maximum absolute atomic E-state index is 2.81. The van der Waals surface area contributed by atoms with Gasteiger partial charge in [0.05, 0.1) is 0 Å². The summed E-state index contributed by atoms with van der Waals surface area (Å²) in [6, 6.07) is 11.0. The monoisotopic (exact) mass is 273 g/mol. The first-order valence-corrected chi connectivity index (χ1v) is 8.28. The molecule has 0 radical (unpaired) electrons. The summed E-state index contributed by atoms with van der Waals surface area (Å²) in [6.07, 6.45) is 5.16. The highest BCUT2D eigenvalue weighted by Crippen LogP contribution is 2.46. The summed E-state index contributed by atoms with van der Waals surface area (Å²) in [4.78, 5) is 2.81. The van der Waals surface area contributed by atoms with Gasteiger partial charge in [0.2, 0.25) is 0 Å². The summed E-state index contributed by atoms with van der Waals surface area (Å²) < 4.78 is 0. The number of benzene rings is 1. The summed E-state index contributed by atoms with van der Waals surface area (Å²) in [5, 5.41) is 0. The Morgan fingerprint density at radius 1 is 1.10 bits per heavy atom. The lowest BCUT2D eigenvalue weighted by Gasteiger charge is -2.58. The van der Waals surface area contributed by atoms with Gasteiger partial charge in [-0.2, -0.15) is 0 Å². The summed E-state index contributed by atoms with van der Waals surface area (Å²) in [6.45, 7) is 13.2. The molecular weight excluding hydrogens is 242 g/mol. The van der Waals surface area contributed by atoms with E-state index in [0.717, 1.165) is 12.5 Å². The van der Waals surface area contributed by atoms with Crippen molar-refractivity contribution in [3.8, 4) is 0 Å². The van der Waals surface area contributed by atoms with Gasteiger partial charge in [0.1, 0.15) is 0 Å². The third-order valence-corrected chi connectivity index (χ3v) is 6.11. The van der Waals surface area contributed by atoms with E-state index in [1.54, 1.807) is 0 Å². The Kier molecular flexibility index (Phi) is 4.59. The standard InChI is InChI=1S/C19H31N/c1-6-18(4)14-13-16(3)19(5,7-2)20(18)15-17-11-9-8-10-12-17/h8-12,16H,6-7,13-15H2,1-5H3. The van der Waals surface area contributed by atoms with Crippen molar-refractivity contribution in [2.24, 2.45) is 5.92 Å². The van der Waals surface area contributed by atoms with E-state index in [4.69, 9.17) is 0 Å². The topological polar surface area (TPSA) is 3.24 Å². The molecule has 2 rings (SSSR count). The van der Waals surface area contributed by atoms with Gasteiger partial charge in [-0.1, -0.05) is 51.1 Å². The third kappa shape index (κ3) is 2.65. The molecule has 0 aliphatic carbocycles. The molecule has 1 saturated heterocycles. The van der Waals surface area contributed by atoms with E-state index >= 15 is 0 Å². The van der Waals surface area contributed by atoms with Gasteiger partial charge in [0.15, 0.2) is 0 Å². The van der Waals surface area contributed by atoms with Crippen molar-refractivity contribution in [3.63, 3.8) is 0 Å². The van der Waals surface area contributed by atoms with E-state index < -0.39 is 0 Å². The molecule has 1 fully saturated rings. The van der Waals surface area contributed by atoms with Crippen LogP contribution in [0, 0.1) is 5.92 Å². The van der Waals surface area contributed by atoms with Crippen molar-refractivity contribution < 1.29 is 0 Å². The predicted molar refractivity (Wildman–Crippen MR) is 87.8 cm³/mol. The molecule has 1 nitrogen and oxygen atoms in total. The molecule has 0 bridgehead atoms. The molecule has 1 aliphatic heterocycles. The average molecular weight is 273 g/mol. The first kappa shape index (κ1) is 15.6. The Labute approximate surface area is 125 Å². The minimum absolute atomic E-state index is 0.318. The summed E-state index contributed by atoms with van der Waals surface area (Å²) in [5.41, 5.74) is 2.10. The van der Waals surface area contributed by atoms with Gasteiger partial charge >= 0.3 is 0 Å². The quantitative estimate of drug-likeness (QED) is 0.723. The molecule has 3 unspecified atom stereocenters. The van der Waals surface area contributed by atoms with Crippen LogP contribution >= 0.6 is 0 Å². The van der Waals surface area contributed by atoms with Crippen molar-refractivity contribution in [2.45, 2.75) is 77.9 Å². The summed E-state index contributed by atoms with van der Waals surface area (Å²) in [7, 11) is 0. The predicted octanol–water partition coefficient (Wildman–Crippen LogP) is 5.26. The SMILES string of the molecule is CCC1(C)CCC(C)C(C)(CC)N1Cc1ccccc1. The minimum atomic E-state index is 0.318. The zero-order valence-corrected chi connectivity index (χ0v) is 13.9. The molecule has 0 amide bonds. The van der Waals surface area contributed by atoms with E-state index in [2.05, 4.69) is 69.9 Å². The molecule has 112 valence electrons. The fourth-order valence-electron chi connectivity index (χ4n) is 3.90. The molecule has 0 aromatic heterocycles. The van der Waals surface area contributed by atoms with E-state index in [1.165, 1.54) is 31.2 Å². The second-order valence-electron chi connectivity index (χ2n) is 7.07. The van der Waals surface area contributed by atoms with Crippen molar-refractivity contribution in [3.05, 3.63) is 35.9 Å². The van der Waals surface area contributed by atoms with Gasteiger partial charge in [-0.3, -0.25) is 4.90 Å². The Hall–Kier alpha value is -0.820. The van der Waals surface area contributed by atoms with Crippen LogP contribution in [0.25, 0.3) is 0 Å². The van der Waals surface area contributed by atoms with Crippen LogP contribution in [0.4, 0.5) is 0 Å². The molecule has 1 heterocycles. The van der Waals surface area contributed by atoms with Crippen LogP contribution < -0.4 is 0 Å². The normalized spacial score (nSPS) is 35.1. The van der Waals surface area contributed by atoms with Gasteiger partial charge in [0.25, 0.3) is 0 Å². The lowest BCUT2D eigenvalue weighted by Crippen LogP contribution is -2.63. The van der Waals surface area contributed by atoms with Crippen LogP contribution in [0.15, 0.2) is 30.3 Å². The molecule has 0 spiro atoms. The molecule has 20 heavy (non-hydrogen) atoms. The molecule has 3 atom stereocenters. The van der Waals surface area contributed by atoms with Crippen LogP contribution in [-0.4, -0.2) is 16.0 Å². The molecule has 1 aromatic carbocycles. The zero-order valence-electron chi connectivity index (χ0n) is 13.9. The number of hydrogen-bond acceptors (Lipinski definition) is 1. The van der Waals surface area contributed by atoms with Gasteiger partial charge in [0, 0.05) is 17.6 Å². The largest absolute Gasteiger partial charge is 0.288 e. The summed E-state index contributed by atoms with van der Waals surface area (Å²) >= 11 is 0. The maximum Gasteiger partial charge on any atom is 0.0244 e. The molecule has 0 saturated carbocycles. The fourth-order valence-corrected chi connectivity index (χ4v) is 3.90. The smallest absolute Gasteiger partial charge is 0.0244 e. The Morgan fingerprint density at radius 3 is 2.30 bits per heavy atom. The van der Waals surface area contributed by atoms with Crippen LogP contribution in [0.1, 0.15) is 65.9 Å². The lowest BCUT2D eigenvalue weighted by molar-refractivity contribution is -0.0888. The molecule has 0 N–H and O–H groups in total. The van der Waals surface area contributed by atoms with E-state index in [0.29, 0.717) is 11.1 Å². The van der Waals surface area contributed by atoms with E-state index in [-0.39, 0.29) is 0 Å². The van der Waals surface area contributed by atoms with Crippen LogP contribution in [0.3, 0.4) is 0 Å². The number of piperidine rings is 1. The highest BCUT2D eigenvalue weighted by atomic mass is 15.3. The summed E-state index contributed by atoms with van der Waals surface area (Å²) in [5.74, 6) is 0.774. The highest BCUT2D eigenvalue weighted by Gasteiger charge is 2.48. The third-order valence-electron chi connectivity index (χ3n) is 6.11. The van der Waals surface area contributed by atoms with E-state index in [1.807, 2.05) is 0 Å². The molecule has 1 aromatic rings. The van der Waals surface area contributed by atoms with E-state index in [9.17, 15) is 0 Å². The average Bonchev–Trinajstić information content (AvgIpc) is 2.49. The highest BCUT2D eigenvalue weighted by molar-refractivity contribution is 5.17. The molecule has 1 aliphatic rings. The number of nitrogens with zero attached hydrogens (tertiary/aromatic N) is 1. The fraction of sp³-hybridized carbons (Fsp3) is 0.684. The van der Waals surface area contributed by atoms with Crippen molar-refractivity contribution in [1.29, 1.82) is 0 Å². The van der Waals surface area contributed by atoms with Crippen molar-refractivity contribution in [2.75, 3.05) is 0 Å². The van der Waals surface area contributed by atoms with Crippen LogP contribution in [0.2, 0.25) is 0 Å². The second kappa shape index (κ2) is 5.89. The molecular formula is C19H31N.